The molecule has 1 amide bonds. The van der Waals surface area contributed by atoms with Gasteiger partial charge in [-0.05, 0) is 37.0 Å². The lowest BCUT2D eigenvalue weighted by molar-refractivity contribution is -0.125. The van der Waals surface area contributed by atoms with Crippen LogP contribution in [0.4, 0.5) is 5.82 Å². The molecule has 0 spiro atoms. The fraction of sp³-hybridized carbons (Fsp3) is 0.292. The van der Waals surface area contributed by atoms with Crippen LogP contribution < -0.4 is 15.0 Å². The van der Waals surface area contributed by atoms with E-state index in [1.807, 2.05) is 54.6 Å². The molecule has 0 radical (unpaired) electrons. The van der Waals surface area contributed by atoms with E-state index in [-0.39, 0.29) is 11.8 Å². The number of carbonyl (C=O) groups excluding carboxylic acids is 1. The van der Waals surface area contributed by atoms with Gasteiger partial charge in [0.25, 0.3) is 0 Å². The van der Waals surface area contributed by atoms with Crippen LogP contribution in [-0.4, -0.2) is 35.5 Å². The van der Waals surface area contributed by atoms with Gasteiger partial charge in [-0.15, -0.1) is 0 Å². The van der Waals surface area contributed by atoms with E-state index in [1.54, 1.807) is 0 Å². The summed E-state index contributed by atoms with van der Waals surface area (Å²) in [5.74, 6) is 2.30. The minimum absolute atomic E-state index is 0.0545. The van der Waals surface area contributed by atoms with Crippen LogP contribution in [0.5, 0.6) is 11.6 Å². The highest BCUT2D eigenvalue weighted by molar-refractivity contribution is 5.79. The number of hydrogen-bond donors (Lipinski definition) is 1. The molecule has 3 aromatic rings. The van der Waals surface area contributed by atoms with Gasteiger partial charge in [0.2, 0.25) is 11.8 Å². The number of amides is 1. The maximum Gasteiger partial charge on any atom is 0.224 e. The fourth-order valence-electron chi connectivity index (χ4n) is 3.66. The minimum atomic E-state index is 0.0545. The summed E-state index contributed by atoms with van der Waals surface area (Å²) in [6.45, 7) is 2.26. The summed E-state index contributed by atoms with van der Waals surface area (Å²) in [6, 6.07) is 21.7. The van der Waals surface area contributed by atoms with Crippen molar-refractivity contribution in [3.63, 3.8) is 0 Å². The second-order valence-corrected chi connectivity index (χ2v) is 7.42. The number of ether oxygens (including phenoxy) is 1. The quantitative estimate of drug-likeness (QED) is 0.650. The van der Waals surface area contributed by atoms with E-state index in [0.717, 1.165) is 43.9 Å². The Morgan fingerprint density at radius 2 is 1.70 bits per heavy atom. The third-order valence-electron chi connectivity index (χ3n) is 5.34. The van der Waals surface area contributed by atoms with E-state index >= 15 is 0 Å². The Morgan fingerprint density at radius 3 is 2.43 bits per heavy atom. The first-order chi connectivity index (χ1) is 14.8. The third-order valence-corrected chi connectivity index (χ3v) is 5.34. The van der Waals surface area contributed by atoms with Gasteiger partial charge in [0.1, 0.15) is 17.9 Å². The smallest absolute Gasteiger partial charge is 0.224 e. The second-order valence-electron chi connectivity index (χ2n) is 7.42. The van der Waals surface area contributed by atoms with Gasteiger partial charge in [-0.25, -0.2) is 9.97 Å². The Morgan fingerprint density at radius 1 is 1.00 bits per heavy atom. The summed E-state index contributed by atoms with van der Waals surface area (Å²) in [5.41, 5.74) is 1.24. The van der Waals surface area contributed by atoms with Crippen molar-refractivity contribution in [2.24, 2.45) is 5.92 Å². The summed E-state index contributed by atoms with van der Waals surface area (Å²) in [6.07, 6.45) is 4.01. The van der Waals surface area contributed by atoms with Gasteiger partial charge < -0.3 is 15.0 Å². The highest BCUT2D eigenvalue weighted by Gasteiger charge is 2.25. The van der Waals surface area contributed by atoms with Crippen molar-refractivity contribution in [2.45, 2.75) is 19.3 Å². The van der Waals surface area contributed by atoms with Crippen LogP contribution in [0, 0.1) is 5.92 Å². The molecule has 6 nitrogen and oxygen atoms in total. The summed E-state index contributed by atoms with van der Waals surface area (Å²) in [7, 11) is 0. The SMILES string of the molecule is O=C(NCCc1ccccc1)C1CCN(c2cc(Oc3ccccc3)ncn2)CC1. The number of benzene rings is 2. The highest BCUT2D eigenvalue weighted by atomic mass is 16.5. The molecule has 1 aliphatic rings. The molecular formula is C24H26N4O2. The summed E-state index contributed by atoms with van der Waals surface area (Å²) < 4.78 is 5.81. The van der Waals surface area contributed by atoms with Crippen molar-refractivity contribution in [1.82, 2.24) is 15.3 Å². The first-order valence-corrected chi connectivity index (χ1v) is 10.4. The molecule has 0 unspecified atom stereocenters. The number of anilines is 1. The van der Waals surface area contributed by atoms with E-state index < -0.39 is 0 Å². The standard InChI is InChI=1S/C24H26N4O2/c29-24(25-14-11-19-7-3-1-4-8-19)20-12-15-28(16-13-20)22-17-23(27-18-26-22)30-21-9-5-2-6-10-21/h1-10,17-18,20H,11-16H2,(H,25,29). The van der Waals surface area contributed by atoms with Crippen LogP contribution in [0.25, 0.3) is 0 Å². The van der Waals surface area contributed by atoms with Crippen molar-refractivity contribution in [3.8, 4) is 11.6 Å². The summed E-state index contributed by atoms with van der Waals surface area (Å²) in [4.78, 5) is 23.3. The summed E-state index contributed by atoms with van der Waals surface area (Å²) in [5, 5.41) is 3.09. The zero-order valence-electron chi connectivity index (χ0n) is 16.9. The van der Waals surface area contributed by atoms with Crippen LogP contribution >= 0.6 is 0 Å². The summed E-state index contributed by atoms with van der Waals surface area (Å²) >= 11 is 0. The second kappa shape index (κ2) is 9.87. The predicted octanol–water partition coefficient (Wildman–Crippen LogP) is 3.84. The van der Waals surface area contributed by atoms with Crippen molar-refractivity contribution in [1.29, 1.82) is 0 Å². The molecule has 30 heavy (non-hydrogen) atoms. The molecule has 6 heteroatoms. The van der Waals surface area contributed by atoms with E-state index in [0.29, 0.717) is 12.4 Å². The molecule has 0 bridgehead atoms. The van der Waals surface area contributed by atoms with Crippen LogP contribution in [0.15, 0.2) is 73.1 Å². The lowest BCUT2D eigenvalue weighted by atomic mass is 9.96. The molecule has 4 rings (SSSR count). The van der Waals surface area contributed by atoms with Crippen LogP contribution in [0.3, 0.4) is 0 Å². The molecule has 2 heterocycles. The Balaban J connectivity index is 1.26. The molecule has 1 N–H and O–H groups in total. The van der Waals surface area contributed by atoms with E-state index in [1.165, 1.54) is 11.9 Å². The number of hydrogen-bond acceptors (Lipinski definition) is 5. The van der Waals surface area contributed by atoms with Crippen molar-refractivity contribution < 1.29 is 9.53 Å². The number of rotatable bonds is 7. The van der Waals surface area contributed by atoms with Crippen molar-refractivity contribution in [2.75, 3.05) is 24.5 Å². The number of piperidine rings is 1. The lowest BCUT2D eigenvalue weighted by Crippen LogP contribution is -2.41. The molecule has 1 saturated heterocycles. The maximum atomic E-state index is 12.5. The molecule has 2 aromatic carbocycles. The average Bonchev–Trinajstić information content (AvgIpc) is 2.81. The molecule has 0 saturated carbocycles. The van der Waals surface area contributed by atoms with Crippen molar-refractivity contribution in [3.05, 3.63) is 78.6 Å². The first-order valence-electron chi connectivity index (χ1n) is 10.4. The van der Waals surface area contributed by atoms with Crippen molar-refractivity contribution >= 4 is 11.7 Å². The zero-order valence-corrected chi connectivity index (χ0v) is 16.9. The van der Waals surface area contributed by atoms with Gasteiger partial charge in [0.05, 0.1) is 0 Å². The monoisotopic (exact) mass is 402 g/mol. The van der Waals surface area contributed by atoms with E-state index in [9.17, 15) is 4.79 Å². The van der Waals surface area contributed by atoms with Gasteiger partial charge >= 0.3 is 0 Å². The Kier molecular flexibility index (Phi) is 6.54. The Bertz CT molecular complexity index is 942. The normalized spacial score (nSPS) is 14.3. The van der Waals surface area contributed by atoms with Gasteiger partial charge in [-0.2, -0.15) is 0 Å². The number of aromatic nitrogens is 2. The van der Waals surface area contributed by atoms with Gasteiger partial charge in [0.15, 0.2) is 0 Å². The van der Waals surface area contributed by atoms with E-state index in [4.69, 9.17) is 4.74 Å². The number of nitrogens with zero attached hydrogens (tertiary/aromatic N) is 3. The predicted molar refractivity (Wildman–Crippen MR) is 117 cm³/mol. The molecule has 1 aromatic heterocycles. The third kappa shape index (κ3) is 5.35. The molecule has 154 valence electrons. The number of carbonyl (C=O) groups is 1. The van der Waals surface area contributed by atoms with Crippen LogP contribution in [0.2, 0.25) is 0 Å². The molecular weight excluding hydrogens is 376 g/mol. The molecule has 0 aliphatic carbocycles. The highest BCUT2D eigenvalue weighted by Crippen LogP contribution is 2.25. The van der Waals surface area contributed by atoms with Crippen LogP contribution in [0.1, 0.15) is 18.4 Å². The maximum absolute atomic E-state index is 12.5. The Hall–Kier alpha value is -3.41. The number of nitrogens with one attached hydrogen (secondary N) is 1. The first kappa shape index (κ1) is 19.9. The molecule has 1 fully saturated rings. The van der Waals surface area contributed by atoms with E-state index in [2.05, 4.69) is 32.3 Å². The minimum Gasteiger partial charge on any atom is -0.439 e. The lowest BCUT2D eigenvalue weighted by Gasteiger charge is -2.32. The average molecular weight is 402 g/mol. The fourth-order valence-corrected chi connectivity index (χ4v) is 3.66. The molecule has 0 atom stereocenters. The largest absolute Gasteiger partial charge is 0.439 e. The Labute approximate surface area is 176 Å². The topological polar surface area (TPSA) is 67.4 Å². The van der Waals surface area contributed by atoms with Gasteiger partial charge in [-0.3, -0.25) is 4.79 Å². The zero-order chi connectivity index (χ0) is 20.6. The van der Waals surface area contributed by atoms with Gasteiger partial charge in [0, 0.05) is 31.6 Å². The number of para-hydroxylation sites is 1. The van der Waals surface area contributed by atoms with Crippen LogP contribution in [-0.2, 0) is 11.2 Å². The van der Waals surface area contributed by atoms with Gasteiger partial charge in [-0.1, -0.05) is 48.5 Å². The molecule has 1 aliphatic heterocycles.